The molecule has 0 radical (unpaired) electrons. The third kappa shape index (κ3) is 4.35. The summed E-state index contributed by atoms with van der Waals surface area (Å²) in [5, 5.41) is 11.3. The van der Waals surface area contributed by atoms with Crippen LogP contribution < -0.4 is 5.32 Å². The van der Waals surface area contributed by atoms with E-state index in [0.717, 1.165) is 5.56 Å². The zero-order valence-electron chi connectivity index (χ0n) is 8.62. The highest BCUT2D eigenvalue weighted by Crippen LogP contribution is 2.18. The van der Waals surface area contributed by atoms with Crippen molar-refractivity contribution in [2.75, 3.05) is 6.54 Å². The van der Waals surface area contributed by atoms with Crippen LogP contribution in [0.5, 0.6) is 0 Å². The first-order valence-corrected chi connectivity index (χ1v) is 4.89. The first-order valence-electron chi connectivity index (χ1n) is 4.89. The molecule has 0 aromatic heterocycles. The fraction of sp³-hybridized carbons (Fsp3) is 0.364. The summed E-state index contributed by atoms with van der Waals surface area (Å²) in [6.07, 6.45) is -2.40. The molecule has 0 fully saturated rings. The predicted molar refractivity (Wildman–Crippen MR) is 55.4 cm³/mol. The Bertz CT molecular complexity index is 338. The molecular formula is C11H13F2NO2. The summed E-state index contributed by atoms with van der Waals surface area (Å²) >= 11 is 0. The van der Waals surface area contributed by atoms with Crippen LogP contribution in [0.25, 0.3) is 0 Å². The Balaban J connectivity index is 2.35. The number of nitrogens with one attached hydrogen (secondary N) is 1. The van der Waals surface area contributed by atoms with Crippen molar-refractivity contribution in [3.05, 3.63) is 35.4 Å². The van der Waals surface area contributed by atoms with Crippen molar-refractivity contribution < 1.29 is 18.7 Å². The Morgan fingerprint density at radius 1 is 1.31 bits per heavy atom. The minimum Gasteiger partial charge on any atom is -0.481 e. The fourth-order valence-electron chi connectivity index (χ4n) is 1.21. The van der Waals surface area contributed by atoms with Crippen molar-refractivity contribution >= 4 is 5.97 Å². The highest BCUT2D eigenvalue weighted by Gasteiger charge is 2.05. The maximum Gasteiger partial charge on any atom is 0.304 e. The normalized spacial score (nSPS) is 10.7. The van der Waals surface area contributed by atoms with E-state index < -0.39 is 12.4 Å². The topological polar surface area (TPSA) is 49.3 Å². The van der Waals surface area contributed by atoms with E-state index >= 15 is 0 Å². The molecule has 1 aromatic carbocycles. The van der Waals surface area contributed by atoms with Crippen LogP contribution in [0.4, 0.5) is 8.78 Å². The van der Waals surface area contributed by atoms with Gasteiger partial charge in [0.2, 0.25) is 0 Å². The minimum absolute atomic E-state index is 0.00529. The molecule has 0 aliphatic heterocycles. The SMILES string of the molecule is O=C(O)CCNCc1ccc(C(F)F)cc1. The number of halogens is 2. The maximum absolute atomic E-state index is 12.2. The van der Waals surface area contributed by atoms with Crippen molar-refractivity contribution in [2.24, 2.45) is 0 Å². The Morgan fingerprint density at radius 3 is 2.44 bits per heavy atom. The summed E-state index contributed by atoms with van der Waals surface area (Å²) in [4.78, 5) is 10.2. The molecule has 88 valence electrons. The molecule has 1 aromatic rings. The average Bonchev–Trinajstić information content (AvgIpc) is 2.25. The largest absolute Gasteiger partial charge is 0.481 e. The standard InChI is InChI=1S/C11H13F2NO2/c12-11(13)9-3-1-8(2-4-9)7-14-6-5-10(15)16/h1-4,11,14H,5-7H2,(H,15,16). The van der Waals surface area contributed by atoms with Gasteiger partial charge in [0.15, 0.2) is 0 Å². The molecule has 1 rings (SSSR count). The smallest absolute Gasteiger partial charge is 0.304 e. The number of carboxylic acids is 1. The Kier molecular flexibility index (Phi) is 4.85. The third-order valence-electron chi connectivity index (χ3n) is 2.08. The molecule has 0 saturated carbocycles. The molecule has 0 heterocycles. The van der Waals surface area contributed by atoms with Crippen LogP contribution in [0.2, 0.25) is 0 Å². The lowest BCUT2D eigenvalue weighted by Crippen LogP contribution is -2.17. The molecule has 5 heteroatoms. The van der Waals surface area contributed by atoms with E-state index in [-0.39, 0.29) is 12.0 Å². The lowest BCUT2D eigenvalue weighted by Gasteiger charge is -2.04. The molecule has 2 N–H and O–H groups in total. The molecule has 0 spiro atoms. The number of aliphatic carboxylic acids is 1. The molecule has 0 amide bonds. The summed E-state index contributed by atoms with van der Waals surface area (Å²) in [6, 6.07) is 5.96. The van der Waals surface area contributed by atoms with Crippen LogP contribution in [0.1, 0.15) is 24.0 Å². The van der Waals surface area contributed by atoms with Crippen LogP contribution in [0, 0.1) is 0 Å². The average molecular weight is 229 g/mol. The number of rotatable bonds is 6. The van der Waals surface area contributed by atoms with Crippen LogP contribution in [-0.4, -0.2) is 17.6 Å². The highest BCUT2D eigenvalue weighted by molar-refractivity contribution is 5.66. The van der Waals surface area contributed by atoms with E-state index in [1.807, 2.05) is 0 Å². The molecular weight excluding hydrogens is 216 g/mol. The third-order valence-corrected chi connectivity index (χ3v) is 2.08. The Morgan fingerprint density at radius 2 is 1.94 bits per heavy atom. The van der Waals surface area contributed by atoms with E-state index in [2.05, 4.69) is 5.32 Å². The number of alkyl halides is 2. The van der Waals surface area contributed by atoms with Gasteiger partial charge in [0, 0.05) is 18.7 Å². The number of carboxylic acid groups (broad SMARTS) is 1. The van der Waals surface area contributed by atoms with Crippen molar-refractivity contribution in [1.82, 2.24) is 5.32 Å². The first-order chi connectivity index (χ1) is 7.59. The van der Waals surface area contributed by atoms with Crippen molar-refractivity contribution in [3.8, 4) is 0 Å². The van der Waals surface area contributed by atoms with Gasteiger partial charge in [-0.1, -0.05) is 24.3 Å². The van der Waals surface area contributed by atoms with E-state index in [1.54, 1.807) is 12.1 Å². The molecule has 0 aliphatic rings. The Labute approximate surface area is 92.1 Å². The van der Waals surface area contributed by atoms with Gasteiger partial charge in [0.25, 0.3) is 6.43 Å². The van der Waals surface area contributed by atoms with Crippen LogP contribution in [0.15, 0.2) is 24.3 Å². The van der Waals surface area contributed by atoms with Gasteiger partial charge < -0.3 is 10.4 Å². The van der Waals surface area contributed by atoms with Gasteiger partial charge in [-0.25, -0.2) is 8.78 Å². The van der Waals surface area contributed by atoms with E-state index in [0.29, 0.717) is 13.1 Å². The Hall–Kier alpha value is -1.49. The van der Waals surface area contributed by atoms with Crippen molar-refractivity contribution in [1.29, 1.82) is 0 Å². The molecule has 0 unspecified atom stereocenters. The minimum atomic E-state index is -2.45. The van der Waals surface area contributed by atoms with Gasteiger partial charge in [-0.15, -0.1) is 0 Å². The van der Waals surface area contributed by atoms with E-state index in [4.69, 9.17) is 5.11 Å². The van der Waals surface area contributed by atoms with Crippen molar-refractivity contribution in [2.45, 2.75) is 19.4 Å². The number of hydrogen-bond acceptors (Lipinski definition) is 2. The first kappa shape index (κ1) is 12.6. The van der Waals surface area contributed by atoms with Gasteiger partial charge in [-0.3, -0.25) is 4.79 Å². The van der Waals surface area contributed by atoms with Gasteiger partial charge in [-0.2, -0.15) is 0 Å². The van der Waals surface area contributed by atoms with Crippen molar-refractivity contribution in [3.63, 3.8) is 0 Å². The second kappa shape index (κ2) is 6.17. The second-order valence-electron chi connectivity index (χ2n) is 3.36. The summed E-state index contributed by atoms with van der Waals surface area (Å²) in [7, 11) is 0. The van der Waals surface area contributed by atoms with E-state index in [9.17, 15) is 13.6 Å². The fourth-order valence-corrected chi connectivity index (χ4v) is 1.21. The number of benzene rings is 1. The molecule has 0 aliphatic carbocycles. The summed E-state index contributed by atoms with van der Waals surface area (Å²) in [6.45, 7) is 0.850. The van der Waals surface area contributed by atoms with Gasteiger partial charge in [0.05, 0.1) is 6.42 Å². The highest BCUT2D eigenvalue weighted by atomic mass is 19.3. The molecule has 0 atom stereocenters. The summed E-state index contributed by atoms with van der Waals surface area (Å²) in [5.41, 5.74) is 0.851. The van der Waals surface area contributed by atoms with Crippen LogP contribution in [0.3, 0.4) is 0 Å². The van der Waals surface area contributed by atoms with Gasteiger partial charge in [-0.05, 0) is 5.56 Å². The monoisotopic (exact) mass is 229 g/mol. The van der Waals surface area contributed by atoms with Crippen LogP contribution >= 0.6 is 0 Å². The zero-order chi connectivity index (χ0) is 12.0. The molecule has 3 nitrogen and oxygen atoms in total. The van der Waals surface area contributed by atoms with E-state index in [1.165, 1.54) is 12.1 Å². The second-order valence-corrected chi connectivity index (χ2v) is 3.36. The number of carbonyl (C=O) groups is 1. The quantitative estimate of drug-likeness (QED) is 0.735. The molecule has 0 bridgehead atoms. The summed E-state index contributed by atoms with van der Waals surface area (Å²) < 4.78 is 24.4. The zero-order valence-corrected chi connectivity index (χ0v) is 8.62. The lowest BCUT2D eigenvalue weighted by atomic mass is 10.1. The van der Waals surface area contributed by atoms with Crippen LogP contribution in [-0.2, 0) is 11.3 Å². The number of hydrogen-bond donors (Lipinski definition) is 2. The van der Waals surface area contributed by atoms with Gasteiger partial charge >= 0.3 is 5.97 Å². The molecule has 0 saturated heterocycles. The maximum atomic E-state index is 12.2. The van der Waals surface area contributed by atoms with Gasteiger partial charge in [0.1, 0.15) is 0 Å². The molecule has 16 heavy (non-hydrogen) atoms. The summed E-state index contributed by atoms with van der Waals surface area (Å²) in [5.74, 6) is -0.861. The lowest BCUT2D eigenvalue weighted by molar-refractivity contribution is -0.136. The predicted octanol–water partition coefficient (Wildman–Crippen LogP) is 2.19.